The Bertz CT molecular complexity index is 562. The van der Waals surface area contributed by atoms with E-state index < -0.39 is 0 Å². The number of likely N-dealkylation sites (tertiary alicyclic amines) is 2. The summed E-state index contributed by atoms with van der Waals surface area (Å²) in [5, 5.41) is 0. The van der Waals surface area contributed by atoms with Gasteiger partial charge in [0.25, 0.3) is 5.91 Å². The number of carbonyl (C=O) groups is 1. The van der Waals surface area contributed by atoms with E-state index in [1.54, 1.807) is 11.3 Å². The van der Waals surface area contributed by atoms with Gasteiger partial charge < -0.3 is 9.64 Å². The molecule has 2 atom stereocenters. The van der Waals surface area contributed by atoms with Gasteiger partial charge in [0.15, 0.2) is 0 Å². The molecule has 0 spiro atoms. The molecule has 4 nitrogen and oxygen atoms in total. The Labute approximate surface area is 142 Å². The maximum absolute atomic E-state index is 13.1. The van der Waals surface area contributed by atoms with Gasteiger partial charge in [-0.2, -0.15) is 0 Å². The number of amides is 1. The molecule has 23 heavy (non-hydrogen) atoms. The minimum Gasteiger partial charge on any atom is -0.376 e. The second kappa shape index (κ2) is 6.54. The summed E-state index contributed by atoms with van der Waals surface area (Å²) < 4.78 is 5.52. The average molecular weight is 334 g/mol. The smallest absolute Gasteiger partial charge is 0.264 e. The Kier molecular flexibility index (Phi) is 4.43. The lowest BCUT2D eigenvalue weighted by Crippen LogP contribution is -2.48. The number of rotatable bonds is 3. The van der Waals surface area contributed by atoms with Crippen LogP contribution in [0.1, 0.15) is 52.7 Å². The van der Waals surface area contributed by atoms with Gasteiger partial charge >= 0.3 is 0 Å². The van der Waals surface area contributed by atoms with Crippen LogP contribution in [0.15, 0.2) is 6.07 Å². The third-order valence-electron chi connectivity index (χ3n) is 5.66. The summed E-state index contributed by atoms with van der Waals surface area (Å²) >= 11 is 1.70. The second-order valence-corrected chi connectivity index (χ2v) is 8.04. The van der Waals surface area contributed by atoms with Crippen molar-refractivity contribution >= 4 is 17.2 Å². The van der Waals surface area contributed by atoms with Gasteiger partial charge in [0.2, 0.25) is 0 Å². The average Bonchev–Trinajstić information content (AvgIpc) is 3.30. The highest BCUT2D eigenvalue weighted by molar-refractivity contribution is 7.14. The van der Waals surface area contributed by atoms with E-state index in [0.29, 0.717) is 18.7 Å². The molecular formula is C18H26N2O2S. The predicted molar refractivity (Wildman–Crippen MR) is 92.0 cm³/mol. The molecule has 4 rings (SSSR count). The third-order valence-corrected chi connectivity index (χ3v) is 6.89. The van der Waals surface area contributed by atoms with Crippen LogP contribution < -0.4 is 0 Å². The fourth-order valence-electron chi connectivity index (χ4n) is 4.52. The molecule has 0 saturated carbocycles. The van der Waals surface area contributed by atoms with E-state index in [-0.39, 0.29) is 5.91 Å². The Balaban J connectivity index is 1.54. The molecule has 0 N–H and O–H groups in total. The third kappa shape index (κ3) is 2.83. The first-order valence-corrected chi connectivity index (χ1v) is 9.84. The summed E-state index contributed by atoms with van der Waals surface area (Å²) in [5.41, 5.74) is 1.23. The van der Waals surface area contributed by atoms with Gasteiger partial charge in [-0.25, -0.2) is 0 Å². The van der Waals surface area contributed by atoms with Crippen LogP contribution in [0.3, 0.4) is 0 Å². The largest absolute Gasteiger partial charge is 0.376 e. The van der Waals surface area contributed by atoms with Gasteiger partial charge in [0.05, 0.1) is 18.1 Å². The minimum absolute atomic E-state index is 0.259. The molecule has 4 heterocycles. The molecule has 0 bridgehead atoms. The van der Waals surface area contributed by atoms with Crippen molar-refractivity contribution in [2.45, 2.75) is 57.7 Å². The molecule has 0 unspecified atom stereocenters. The molecule has 0 aliphatic carbocycles. The number of hydrogen-bond donors (Lipinski definition) is 0. The van der Waals surface area contributed by atoms with Crippen LogP contribution in [0.2, 0.25) is 0 Å². The van der Waals surface area contributed by atoms with Crippen LogP contribution in [0.25, 0.3) is 0 Å². The molecule has 3 aliphatic heterocycles. The van der Waals surface area contributed by atoms with Gasteiger partial charge in [0.1, 0.15) is 0 Å². The van der Waals surface area contributed by atoms with Crippen molar-refractivity contribution in [3.8, 4) is 0 Å². The summed E-state index contributed by atoms with van der Waals surface area (Å²) in [5.74, 6) is 0.259. The van der Waals surface area contributed by atoms with E-state index in [0.717, 1.165) is 37.4 Å². The molecule has 1 amide bonds. The highest BCUT2D eigenvalue weighted by atomic mass is 32.1. The summed E-state index contributed by atoms with van der Waals surface area (Å²) in [6, 6.07) is 3.08. The number of fused-ring (bicyclic) bond motifs is 1. The Morgan fingerprint density at radius 1 is 1.30 bits per heavy atom. The summed E-state index contributed by atoms with van der Waals surface area (Å²) in [6.07, 6.45) is 5.81. The van der Waals surface area contributed by atoms with E-state index in [2.05, 4.69) is 22.8 Å². The Hall–Kier alpha value is -0.910. The molecular weight excluding hydrogens is 308 g/mol. The first-order valence-electron chi connectivity index (χ1n) is 9.02. The van der Waals surface area contributed by atoms with E-state index >= 15 is 0 Å². The molecule has 1 aromatic heterocycles. The molecule has 3 aliphatic rings. The monoisotopic (exact) mass is 334 g/mol. The summed E-state index contributed by atoms with van der Waals surface area (Å²) in [4.78, 5) is 20.1. The fourth-order valence-corrected chi connectivity index (χ4v) is 5.62. The zero-order chi connectivity index (χ0) is 15.8. The molecule has 5 heteroatoms. The lowest BCUT2D eigenvalue weighted by atomic mass is 10.0. The van der Waals surface area contributed by atoms with Crippen LogP contribution in [0.4, 0.5) is 0 Å². The maximum atomic E-state index is 13.1. The Morgan fingerprint density at radius 2 is 2.13 bits per heavy atom. The van der Waals surface area contributed by atoms with E-state index in [1.807, 2.05) is 0 Å². The number of thiophene rings is 1. The van der Waals surface area contributed by atoms with E-state index in [4.69, 9.17) is 4.74 Å². The number of likely N-dealkylation sites (N-methyl/N-ethyl adjacent to an activating group) is 1. The standard InChI is InChI=1S/C18H26N2O2S/c1-2-19-8-3-5-14(19)15-6-4-9-20(15)18(21)17-11-13-12-22-10-7-16(13)23-17/h11,14-15H,2-10,12H2,1H3/t14-,15+/m0/s1. The lowest BCUT2D eigenvalue weighted by molar-refractivity contribution is 0.0654. The summed E-state index contributed by atoms with van der Waals surface area (Å²) in [6.45, 7) is 6.94. The van der Waals surface area contributed by atoms with Gasteiger partial charge in [-0.1, -0.05) is 6.92 Å². The van der Waals surface area contributed by atoms with Gasteiger partial charge in [-0.05, 0) is 50.4 Å². The van der Waals surface area contributed by atoms with Crippen molar-refractivity contribution in [1.82, 2.24) is 9.80 Å². The summed E-state index contributed by atoms with van der Waals surface area (Å²) in [7, 11) is 0. The number of hydrogen-bond acceptors (Lipinski definition) is 4. The molecule has 2 fully saturated rings. The van der Waals surface area contributed by atoms with Crippen LogP contribution in [0.5, 0.6) is 0 Å². The topological polar surface area (TPSA) is 32.8 Å². The van der Waals surface area contributed by atoms with Crippen LogP contribution in [0, 0.1) is 0 Å². The zero-order valence-electron chi connectivity index (χ0n) is 13.9. The van der Waals surface area contributed by atoms with Gasteiger partial charge in [-0.3, -0.25) is 9.69 Å². The molecule has 1 aromatic rings. The first kappa shape index (κ1) is 15.6. The first-order chi connectivity index (χ1) is 11.3. The van der Waals surface area contributed by atoms with Gasteiger partial charge in [-0.15, -0.1) is 11.3 Å². The number of carbonyl (C=O) groups excluding carboxylic acids is 1. The van der Waals surface area contributed by atoms with Crippen molar-refractivity contribution in [2.24, 2.45) is 0 Å². The van der Waals surface area contributed by atoms with Crippen LogP contribution in [-0.4, -0.2) is 54.0 Å². The number of ether oxygens (including phenoxy) is 1. The predicted octanol–water partition coefficient (Wildman–Crippen LogP) is 2.91. The second-order valence-electron chi connectivity index (χ2n) is 6.91. The Morgan fingerprint density at radius 3 is 2.96 bits per heavy atom. The minimum atomic E-state index is 0.259. The van der Waals surface area contributed by atoms with Crippen LogP contribution >= 0.6 is 11.3 Å². The van der Waals surface area contributed by atoms with E-state index in [9.17, 15) is 4.79 Å². The molecule has 126 valence electrons. The van der Waals surface area contributed by atoms with Crippen LogP contribution in [-0.2, 0) is 17.8 Å². The van der Waals surface area contributed by atoms with Crippen molar-refractivity contribution in [1.29, 1.82) is 0 Å². The quantitative estimate of drug-likeness (QED) is 0.852. The SMILES string of the molecule is CCN1CCC[C@H]1[C@H]1CCCN1C(=O)c1cc2c(s1)CCOC2. The zero-order valence-corrected chi connectivity index (χ0v) is 14.7. The lowest BCUT2D eigenvalue weighted by Gasteiger charge is -2.34. The van der Waals surface area contributed by atoms with Crippen molar-refractivity contribution < 1.29 is 9.53 Å². The maximum Gasteiger partial charge on any atom is 0.264 e. The molecule has 0 radical (unpaired) electrons. The van der Waals surface area contributed by atoms with Crippen molar-refractivity contribution in [2.75, 3.05) is 26.2 Å². The van der Waals surface area contributed by atoms with Gasteiger partial charge in [0, 0.05) is 29.9 Å². The van der Waals surface area contributed by atoms with Crippen molar-refractivity contribution in [3.05, 3.63) is 21.4 Å². The highest BCUT2D eigenvalue weighted by Gasteiger charge is 2.39. The molecule has 2 saturated heterocycles. The van der Waals surface area contributed by atoms with Crippen molar-refractivity contribution in [3.63, 3.8) is 0 Å². The molecule has 0 aromatic carbocycles. The highest BCUT2D eigenvalue weighted by Crippen LogP contribution is 2.33. The number of nitrogens with zero attached hydrogens (tertiary/aromatic N) is 2. The fraction of sp³-hybridized carbons (Fsp3) is 0.722. The van der Waals surface area contributed by atoms with E-state index in [1.165, 1.54) is 36.2 Å². The normalized spacial score (nSPS) is 28.3.